The van der Waals surface area contributed by atoms with Gasteiger partial charge >= 0.3 is 5.97 Å². The lowest BCUT2D eigenvalue weighted by Gasteiger charge is -2.28. The third-order valence-corrected chi connectivity index (χ3v) is 3.21. The first-order chi connectivity index (χ1) is 7.88. The lowest BCUT2D eigenvalue weighted by atomic mass is 10.0. The molecule has 1 aromatic heterocycles. The fourth-order valence-corrected chi connectivity index (χ4v) is 1.29. The maximum atomic E-state index is 11.8. The second-order valence-corrected chi connectivity index (χ2v) is 4.63. The van der Waals surface area contributed by atoms with Crippen LogP contribution >= 0.6 is 12.6 Å². The number of hydrogen-bond acceptors (Lipinski definition) is 4. The minimum Gasteiger partial charge on any atom is -0.479 e. The molecule has 0 aliphatic carbocycles. The quantitative estimate of drug-likeness (QED) is 0.557. The van der Waals surface area contributed by atoms with Gasteiger partial charge in [-0.2, -0.15) is 0 Å². The highest BCUT2D eigenvalue weighted by atomic mass is 32.1. The Morgan fingerprint density at radius 3 is 2.59 bits per heavy atom. The first-order valence-electron chi connectivity index (χ1n) is 5.06. The van der Waals surface area contributed by atoms with Crippen LogP contribution in [0.5, 0.6) is 0 Å². The molecule has 0 spiro atoms. The highest BCUT2D eigenvalue weighted by molar-refractivity contribution is 7.82. The Labute approximate surface area is 105 Å². The van der Waals surface area contributed by atoms with Gasteiger partial charge in [-0.05, 0) is 18.1 Å². The molecule has 1 aromatic rings. The first-order valence-corrected chi connectivity index (χ1v) is 5.51. The summed E-state index contributed by atoms with van der Waals surface area (Å²) in [6.45, 7) is 3.34. The zero-order valence-electron chi connectivity index (χ0n) is 9.54. The number of rotatable bonds is 4. The van der Waals surface area contributed by atoms with Crippen LogP contribution in [0, 0.1) is 5.92 Å². The number of carboxylic acids is 1. The van der Waals surface area contributed by atoms with Crippen molar-refractivity contribution in [3.8, 4) is 0 Å². The van der Waals surface area contributed by atoms with Crippen LogP contribution in [0.1, 0.15) is 24.2 Å². The summed E-state index contributed by atoms with van der Waals surface area (Å²) in [5.41, 5.74) is 0.299. The van der Waals surface area contributed by atoms with Crippen LogP contribution in [0.3, 0.4) is 0 Å². The van der Waals surface area contributed by atoms with Gasteiger partial charge in [0.15, 0.2) is 4.87 Å². The van der Waals surface area contributed by atoms with Crippen LogP contribution < -0.4 is 5.32 Å². The van der Waals surface area contributed by atoms with Crippen LogP contribution in [-0.2, 0) is 4.79 Å². The van der Waals surface area contributed by atoms with Crippen molar-refractivity contribution in [1.82, 2.24) is 10.3 Å². The number of carbonyl (C=O) groups is 2. The Bertz CT molecular complexity index is 422. The number of pyridine rings is 1. The van der Waals surface area contributed by atoms with Gasteiger partial charge in [0, 0.05) is 12.4 Å². The second kappa shape index (κ2) is 5.18. The standard InChI is InChI=1S/C11H14N2O3S/c1-7(2)11(17,10(15)16)13-9(14)8-4-3-5-12-6-8/h3-7,17H,1-2H3,(H,13,14)(H,15,16). The molecule has 1 rings (SSSR count). The van der Waals surface area contributed by atoms with Gasteiger partial charge in [-0.15, -0.1) is 12.6 Å². The molecule has 0 bridgehead atoms. The molecule has 1 heterocycles. The Kier molecular flexibility index (Phi) is 4.11. The molecule has 92 valence electrons. The first kappa shape index (κ1) is 13.5. The summed E-state index contributed by atoms with van der Waals surface area (Å²) in [5, 5.41) is 11.5. The number of aromatic nitrogens is 1. The van der Waals surface area contributed by atoms with E-state index < -0.39 is 16.7 Å². The van der Waals surface area contributed by atoms with Gasteiger partial charge in [-0.1, -0.05) is 13.8 Å². The predicted octanol–water partition coefficient (Wildman–Crippen LogP) is 1.18. The van der Waals surface area contributed by atoms with Gasteiger partial charge in [0.25, 0.3) is 5.91 Å². The average molecular weight is 254 g/mol. The van der Waals surface area contributed by atoms with Crippen molar-refractivity contribution in [2.45, 2.75) is 18.7 Å². The summed E-state index contributed by atoms with van der Waals surface area (Å²) < 4.78 is 0. The molecule has 1 unspecified atom stereocenters. The van der Waals surface area contributed by atoms with Crippen LogP contribution in [-0.4, -0.2) is 26.8 Å². The van der Waals surface area contributed by atoms with Gasteiger partial charge in [0.2, 0.25) is 0 Å². The third-order valence-electron chi connectivity index (χ3n) is 2.39. The minimum atomic E-state index is -1.59. The summed E-state index contributed by atoms with van der Waals surface area (Å²) >= 11 is 4.05. The molecule has 0 aromatic carbocycles. The zero-order valence-corrected chi connectivity index (χ0v) is 10.4. The van der Waals surface area contributed by atoms with E-state index >= 15 is 0 Å². The predicted molar refractivity (Wildman–Crippen MR) is 65.9 cm³/mol. The van der Waals surface area contributed by atoms with Gasteiger partial charge in [0.1, 0.15) is 0 Å². The number of hydrogen-bond donors (Lipinski definition) is 3. The zero-order chi connectivity index (χ0) is 13.1. The van der Waals surface area contributed by atoms with Crippen LogP contribution in [0.15, 0.2) is 24.5 Å². The maximum absolute atomic E-state index is 11.8. The molecule has 17 heavy (non-hydrogen) atoms. The summed E-state index contributed by atoms with van der Waals surface area (Å²) in [7, 11) is 0. The number of aliphatic carboxylic acids is 1. The molecule has 2 N–H and O–H groups in total. The van der Waals surface area contributed by atoms with Crippen molar-refractivity contribution in [1.29, 1.82) is 0 Å². The highest BCUT2D eigenvalue weighted by Gasteiger charge is 2.39. The van der Waals surface area contributed by atoms with E-state index in [4.69, 9.17) is 5.11 Å². The third kappa shape index (κ3) is 2.97. The Hall–Kier alpha value is -1.56. The van der Waals surface area contributed by atoms with E-state index in [-0.39, 0.29) is 5.92 Å². The summed E-state index contributed by atoms with van der Waals surface area (Å²) in [5.74, 6) is -2.05. The van der Waals surface area contributed by atoms with E-state index in [1.54, 1.807) is 26.0 Å². The van der Waals surface area contributed by atoms with E-state index in [0.717, 1.165) is 0 Å². The van der Waals surface area contributed by atoms with Gasteiger partial charge < -0.3 is 10.4 Å². The summed E-state index contributed by atoms with van der Waals surface area (Å²) in [6.07, 6.45) is 2.90. The Balaban J connectivity index is 2.90. The molecule has 1 atom stereocenters. The lowest BCUT2D eigenvalue weighted by molar-refractivity contribution is -0.141. The van der Waals surface area contributed by atoms with Crippen molar-refractivity contribution in [2.75, 3.05) is 0 Å². The summed E-state index contributed by atoms with van der Waals surface area (Å²) in [4.78, 5) is 25.1. The lowest BCUT2D eigenvalue weighted by Crippen LogP contribution is -2.53. The number of carbonyl (C=O) groups excluding carboxylic acids is 1. The fraction of sp³-hybridized carbons (Fsp3) is 0.364. The molecular formula is C11H14N2O3S. The van der Waals surface area contributed by atoms with Crippen molar-refractivity contribution in [2.24, 2.45) is 5.92 Å². The van der Waals surface area contributed by atoms with Gasteiger partial charge in [-0.3, -0.25) is 9.78 Å². The molecular weight excluding hydrogens is 240 g/mol. The van der Waals surface area contributed by atoms with Crippen molar-refractivity contribution >= 4 is 24.5 Å². The van der Waals surface area contributed by atoms with Crippen LogP contribution in [0.2, 0.25) is 0 Å². The SMILES string of the molecule is CC(C)C(S)(NC(=O)c1cccnc1)C(=O)O. The Morgan fingerprint density at radius 2 is 2.18 bits per heavy atom. The molecule has 0 radical (unpaired) electrons. The van der Waals surface area contributed by atoms with E-state index in [1.165, 1.54) is 12.4 Å². The molecule has 0 aliphatic rings. The number of nitrogens with one attached hydrogen (secondary N) is 1. The molecule has 0 saturated carbocycles. The Morgan fingerprint density at radius 1 is 1.53 bits per heavy atom. The second-order valence-electron chi connectivity index (χ2n) is 3.92. The number of carboxylic acid groups (broad SMARTS) is 1. The maximum Gasteiger partial charge on any atom is 0.340 e. The number of nitrogens with zero attached hydrogens (tertiary/aromatic N) is 1. The average Bonchev–Trinajstić information content (AvgIpc) is 2.29. The van der Waals surface area contributed by atoms with Gasteiger partial charge in [0.05, 0.1) is 5.56 Å². The molecule has 6 heteroatoms. The van der Waals surface area contributed by atoms with E-state index in [2.05, 4.69) is 22.9 Å². The largest absolute Gasteiger partial charge is 0.479 e. The number of thiol groups is 1. The highest BCUT2D eigenvalue weighted by Crippen LogP contribution is 2.22. The molecule has 5 nitrogen and oxygen atoms in total. The van der Waals surface area contributed by atoms with Crippen LogP contribution in [0.4, 0.5) is 0 Å². The monoisotopic (exact) mass is 254 g/mol. The smallest absolute Gasteiger partial charge is 0.340 e. The van der Waals surface area contributed by atoms with Crippen molar-refractivity contribution in [3.63, 3.8) is 0 Å². The molecule has 1 amide bonds. The topological polar surface area (TPSA) is 79.3 Å². The molecule has 0 aliphatic heterocycles. The molecule has 0 saturated heterocycles. The van der Waals surface area contributed by atoms with Gasteiger partial charge in [-0.25, -0.2) is 4.79 Å². The minimum absolute atomic E-state index is 0.299. The van der Waals surface area contributed by atoms with E-state index in [0.29, 0.717) is 5.56 Å². The van der Waals surface area contributed by atoms with E-state index in [1.807, 2.05) is 0 Å². The van der Waals surface area contributed by atoms with Crippen molar-refractivity contribution < 1.29 is 14.7 Å². The normalized spacial score (nSPS) is 14.1. The van der Waals surface area contributed by atoms with Crippen molar-refractivity contribution in [3.05, 3.63) is 30.1 Å². The van der Waals surface area contributed by atoms with E-state index in [9.17, 15) is 9.59 Å². The van der Waals surface area contributed by atoms with Crippen LogP contribution in [0.25, 0.3) is 0 Å². The summed E-state index contributed by atoms with van der Waals surface area (Å²) in [6, 6.07) is 3.16. The fourth-order valence-electron chi connectivity index (χ4n) is 1.19. The number of amides is 1. The molecule has 0 fully saturated rings.